The lowest BCUT2D eigenvalue weighted by Crippen LogP contribution is -2.42. The Labute approximate surface area is 140 Å². The highest BCUT2D eigenvalue weighted by molar-refractivity contribution is 8.14. The Hall–Kier alpha value is -2.88. The number of benzene rings is 1. The number of rotatable bonds is 2. The smallest absolute Gasteiger partial charge is 0.304 e. The highest BCUT2D eigenvalue weighted by Gasteiger charge is 2.43. The molecule has 0 saturated heterocycles. The van der Waals surface area contributed by atoms with Gasteiger partial charge in [-0.3, -0.25) is 14.1 Å². The van der Waals surface area contributed by atoms with Crippen LogP contribution in [0.3, 0.4) is 0 Å². The summed E-state index contributed by atoms with van der Waals surface area (Å²) in [7, 11) is 0. The number of nitrogens with one attached hydrogen (secondary N) is 2. The number of carbonyl (C=O) groups is 2. The van der Waals surface area contributed by atoms with Crippen LogP contribution >= 0.6 is 11.8 Å². The Morgan fingerprint density at radius 3 is 2.67 bits per heavy atom. The number of hydrogen-bond donors (Lipinski definition) is 2. The number of para-hydroxylation sites is 1. The van der Waals surface area contributed by atoms with Crippen molar-refractivity contribution in [2.24, 2.45) is 5.10 Å². The maximum atomic E-state index is 12.2. The molecule has 24 heavy (non-hydrogen) atoms. The molecular weight excluding hydrogens is 334 g/mol. The summed E-state index contributed by atoms with van der Waals surface area (Å²) in [5, 5.41) is 9.73. The van der Waals surface area contributed by atoms with Gasteiger partial charge < -0.3 is 5.32 Å². The van der Waals surface area contributed by atoms with E-state index in [1.54, 1.807) is 24.3 Å². The lowest BCUT2D eigenvalue weighted by atomic mass is 10.3. The summed E-state index contributed by atoms with van der Waals surface area (Å²) < 4.78 is 6.35. The molecule has 0 bridgehead atoms. The fourth-order valence-corrected chi connectivity index (χ4v) is 3.36. The number of hydrazone groups is 1. The van der Waals surface area contributed by atoms with Gasteiger partial charge in [-0.1, -0.05) is 18.2 Å². The number of aromatic nitrogens is 2. The normalized spacial score (nSPS) is 16.8. The molecule has 2 aromatic rings. The number of amidine groups is 1. The molecule has 10 heteroatoms. The van der Waals surface area contributed by atoms with Gasteiger partial charge in [0.05, 0.1) is 0 Å². The minimum Gasteiger partial charge on any atom is -0.304 e. The van der Waals surface area contributed by atoms with Crippen LogP contribution in [0.15, 0.2) is 44.8 Å². The van der Waals surface area contributed by atoms with Crippen molar-refractivity contribution in [2.45, 2.75) is 19.2 Å². The van der Waals surface area contributed by atoms with E-state index in [4.69, 9.17) is 4.52 Å². The average molecular weight is 348 g/mol. The summed E-state index contributed by atoms with van der Waals surface area (Å²) in [5.74, 6) is -0.685. The molecular formula is C14H14N5O4S+. The Bertz CT molecular complexity index is 873. The Kier molecular flexibility index (Phi) is 4.21. The molecule has 2 heterocycles. The van der Waals surface area contributed by atoms with E-state index in [2.05, 4.69) is 15.7 Å². The van der Waals surface area contributed by atoms with Crippen LogP contribution in [0.4, 0.5) is 0 Å². The Morgan fingerprint density at radius 2 is 2.04 bits per heavy atom. The number of carbonyl (C=O) groups excluding carboxylic acids is 2. The first kappa shape index (κ1) is 16.0. The molecule has 1 aliphatic rings. The average Bonchev–Trinajstić information content (AvgIpc) is 3.11. The second kappa shape index (κ2) is 6.32. The predicted molar refractivity (Wildman–Crippen MR) is 85.0 cm³/mol. The number of amides is 2. The van der Waals surface area contributed by atoms with E-state index in [0.717, 1.165) is 16.8 Å². The summed E-state index contributed by atoms with van der Waals surface area (Å²) >= 11 is 1.08. The largest absolute Gasteiger partial charge is 0.433 e. The van der Waals surface area contributed by atoms with E-state index in [0.29, 0.717) is 5.69 Å². The number of hydrogen-bond acceptors (Lipinski definition) is 6. The fraction of sp³-hybridized carbons (Fsp3) is 0.214. The third-order valence-corrected chi connectivity index (χ3v) is 4.23. The van der Waals surface area contributed by atoms with Crippen molar-refractivity contribution in [3.05, 3.63) is 46.4 Å². The second-order valence-corrected chi connectivity index (χ2v) is 6.03. The Morgan fingerprint density at radius 1 is 1.33 bits per heavy atom. The van der Waals surface area contributed by atoms with Crippen molar-refractivity contribution < 1.29 is 18.8 Å². The van der Waals surface area contributed by atoms with Crippen LogP contribution < -0.4 is 15.6 Å². The van der Waals surface area contributed by atoms with E-state index in [1.165, 1.54) is 18.5 Å². The molecule has 2 N–H and O–H groups in total. The zero-order valence-electron chi connectivity index (χ0n) is 12.8. The molecule has 1 aromatic carbocycles. The lowest BCUT2D eigenvalue weighted by molar-refractivity contribution is -0.678. The molecule has 2 amide bonds. The van der Waals surface area contributed by atoms with Crippen molar-refractivity contribution >= 4 is 28.7 Å². The minimum atomic E-state index is -0.757. The first-order chi connectivity index (χ1) is 11.5. The quantitative estimate of drug-likeness (QED) is 0.756. The molecule has 3 rings (SSSR count). The molecule has 9 nitrogen and oxygen atoms in total. The van der Waals surface area contributed by atoms with Gasteiger partial charge in [-0.25, -0.2) is 9.80 Å². The molecule has 1 aromatic heterocycles. The second-order valence-electron chi connectivity index (χ2n) is 4.96. The molecule has 1 atom stereocenters. The van der Waals surface area contributed by atoms with Gasteiger partial charge in [0.25, 0.3) is 0 Å². The summed E-state index contributed by atoms with van der Waals surface area (Å²) in [4.78, 5) is 35.3. The highest BCUT2D eigenvalue weighted by atomic mass is 32.2. The van der Waals surface area contributed by atoms with E-state index < -0.39 is 11.0 Å². The zero-order chi connectivity index (χ0) is 17.3. The predicted octanol–water partition coefficient (Wildman–Crippen LogP) is 0.246. The third kappa shape index (κ3) is 2.95. The van der Waals surface area contributed by atoms with Crippen molar-refractivity contribution in [3.8, 4) is 5.69 Å². The highest BCUT2D eigenvalue weighted by Crippen LogP contribution is 2.36. The fourth-order valence-electron chi connectivity index (χ4n) is 2.20. The Balaban J connectivity index is 2.03. The molecule has 0 spiro atoms. The van der Waals surface area contributed by atoms with Gasteiger partial charge in [0, 0.05) is 26.0 Å². The first-order valence-electron chi connectivity index (χ1n) is 6.99. The number of H-pyrrole nitrogens is 1. The van der Waals surface area contributed by atoms with Crippen LogP contribution in [-0.2, 0) is 9.59 Å². The summed E-state index contributed by atoms with van der Waals surface area (Å²) in [6, 6.07) is 9.01. The van der Waals surface area contributed by atoms with Gasteiger partial charge in [-0.05, 0) is 21.7 Å². The van der Waals surface area contributed by atoms with Crippen molar-refractivity contribution in [3.63, 3.8) is 0 Å². The van der Waals surface area contributed by atoms with Crippen LogP contribution in [0.5, 0.6) is 0 Å². The molecule has 0 saturated carbocycles. The van der Waals surface area contributed by atoms with Gasteiger partial charge in [0.2, 0.25) is 22.9 Å². The number of nitrogens with zero attached hydrogens (tertiary/aromatic N) is 3. The van der Waals surface area contributed by atoms with E-state index in [-0.39, 0.29) is 22.7 Å². The molecule has 0 radical (unpaired) electrons. The monoisotopic (exact) mass is 348 g/mol. The van der Waals surface area contributed by atoms with E-state index in [1.807, 2.05) is 6.07 Å². The van der Waals surface area contributed by atoms with Gasteiger partial charge in [0.15, 0.2) is 5.17 Å². The topological polar surface area (TPSA) is 112 Å². The van der Waals surface area contributed by atoms with E-state index >= 15 is 0 Å². The van der Waals surface area contributed by atoms with Gasteiger partial charge in [0.1, 0.15) is 0 Å². The maximum Gasteiger partial charge on any atom is 0.433 e. The van der Waals surface area contributed by atoms with Crippen LogP contribution in [0, 0.1) is 0 Å². The molecule has 1 unspecified atom stereocenters. The van der Waals surface area contributed by atoms with Crippen LogP contribution in [0.2, 0.25) is 0 Å². The SMILES string of the molecule is CC(=O)NC1=NN(C(C)=O)C(c2c(=O)o[nH][n+]2-c2ccccc2)S1. The summed E-state index contributed by atoms with van der Waals surface area (Å²) in [5.41, 5.74) is 0.225. The van der Waals surface area contributed by atoms with Gasteiger partial charge in [-0.2, -0.15) is 0 Å². The minimum absolute atomic E-state index is 0.186. The molecule has 1 aliphatic heterocycles. The van der Waals surface area contributed by atoms with Crippen molar-refractivity contribution in [1.29, 1.82) is 0 Å². The van der Waals surface area contributed by atoms with Crippen molar-refractivity contribution in [2.75, 3.05) is 0 Å². The number of thioether (sulfide) groups is 1. The van der Waals surface area contributed by atoms with Crippen molar-refractivity contribution in [1.82, 2.24) is 15.6 Å². The van der Waals surface area contributed by atoms with E-state index in [9.17, 15) is 14.4 Å². The first-order valence-corrected chi connectivity index (χ1v) is 7.87. The molecule has 0 aliphatic carbocycles. The van der Waals surface area contributed by atoms with Crippen LogP contribution in [0.1, 0.15) is 24.9 Å². The lowest BCUT2D eigenvalue weighted by Gasteiger charge is -2.13. The summed E-state index contributed by atoms with van der Waals surface area (Å²) in [6.45, 7) is 2.66. The maximum absolute atomic E-state index is 12.2. The standard InChI is InChI=1S/C14H13N5O4S/c1-8(20)15-14-16-18(9(2)21)12(24-14)11-13(22)23-17-19(11)10-6-4-3-5-7-10/h3-7,12H,1-2H3,(H-,15,16,17,20,22)/p+1. The summed E-state index contributed by atoms with van der Waals surface area (Å²) in [6.07, 6.45) is 0. The molecule has 0 fully saturated rings. The zero-order valence-corrected chi connectivity index (χ0v) is 13.7. The van der Waals surface area contributed by atoms with Crippen LogP contribution in [-0.4, -0.2) is 27.3 Å². The van der Waals surface area contributed by atoms with Crippen LogP contribution in [0.25, 0.3) is 5.69 Å². The number of aromatic amines is 1. The van der Waals surface area contributed by atoms with Gasteiger partial charge in [-0.15, -0.1) is 5.10 Å². The third-order valence-electron chi connectivity index (χ3n) is 3.18. The molecule has 124 valence electrons. The van der Waals surface area contributed by atoms with Gasteiger partial charge >= 0.3 is 11.3 Å².